The third-order valence-corrected chi connectivity index (χ3v) is 4.57. The molecule has 3 rings (SSSR count). The molecule has 0 aliphatic heterocycles. The van der Waals surface area contributed by atoms with E-state index in [4.69, 9.17) is 4.74 Å². The summed E-state index contributed by atoms with van der Waals surface area (Å²) in [5.74, 6) is 1.27. The summed E-state index contributed by atoms with van der Waals surface area (Å²) in [6.07, 6.45) is 7.29. The van der Waals surface area contributed by atoms with Crippen molar-refractivity contribution < 1.29 is 4.74 Å². The van der Waals surface area contributed by atoms with Crippen LogP contribution in [0.2, 0.25) is 0 Å². The van der Waals surface area contributed by atoms with E-state index in [1.165, 1.54) is 30.5 Å². The van der Waals surface area contributed by atoms with Crippen molar-refractivity contribution in [3.8, 4) is 0 Å². The van der Waals surface area contributed by atoms with Gasteiger partial charge in [0, 0.05) is 30.5 Å². The van der Waals surface area contributed by atoms with Gasteiger partial charge in [0.05, 0.1) is 6.10 Å². The minimum absolute atomic E-state index is 0.355. The highest BCUT2D eigenvalue weighted by atomic mass is 16.5. The number of hydrogen-bond donors (Lipinski definition) is 1. The van der Waals surface area contributed by atoms with Gasteiger partial charge in [-0.05, 0) is 57.2 Å². The van der Waals surface area contributed by atoms with Crippen molar-refractivity contribution in [2.24, 2.45) is 5.92 Å². The Morgan fingerprint density at radius 2 is 2.26 bits per heavy atom. The van der Waals surface area contributed by atoms with Crippen LogP contribution in [0.1, 0.15) is 43.4 Å². The zero-order valence-electron chi connectivity index (χ0n) is 11.9. The maximum Gasteiger partial charge on any atom is 0.0762 e. The number of likely N-dealkylation sites (N-methyl/N-ethyl adjacent to an activating group) is 1. The topological polar surface area (TPSA) is 34.1 Å². The van der Waals surface area contributed by atoms with Gasteiger partial charge < -0.3 is 10.1 Å². The third kappa shape index (κ3) is 2.54. The molecule has 19 heavy (non-hydrogen) atoms. The second-order valence-corrected chi connectivity index (χ2v) is 5.76. The highest BCUT2D eigenvalue weighted by Crippen LogP contribution is 2.42. The summed E-state index contributed by atoms with van der Waals surface area (Å²) in [7, 11) is 2.07. The van der Waals surface area contributed by atoms with Gasteiger partial charge in [-0.1, -0.05) is 6.07 Å². The number of aromatic nitrogens is 1. The Morgan fingerprint density at radius 3 is 2.95 bits per heavy atom. The van der Waals surface area contributed by atoms with Gasteiger partial charge in [0.25, 0.3) is 0 Å². The van der Waals surface area contributed by atoms with Gasteiger partial charge >= 0.3 is 0 Å². The lowest BCUT2D eigenvalue weighted by Gasteiger charge is -2.31. The molecule has 3 unspecified atom stereocenters. The second-order valence-electron chi connectivity index (χ2n) is 5.76. The summed E-state index contributed by atoms with van der Waals surface area (Å²) in [5, 5.41) is 3.53. The van der Waals surface area contributed by atoms with Crippen LogP contribution in [0.5, 0.6) is 0 Å². The Balaban J connectivity index is 1.82. The summed E-state index contributed by atoms with van der Waals surface area (Å²) in [5.41, 5.74) is 2.73. The lowest BCUT2D eigenvalue weighted by Crippen LogP contribution is -2.45. The van der Waals surface area contributed by atoms with Gasteiger partial charge in [-0.3, -0.25) is 4.98 Å². The summed E-state index contributed by atoms with van der Waals surface area (Å²) in [6, 6.07) is 4.68. The SMILES string of the molecule is CCOC(C1CC1)C(NC)C1CCc2cccnc21. The Morgan fingerprint density at radius 1 is 1.42 bits per heavy atom. The van der Waals surface area contributed by atoms with E-state index in [1.807, 2.05) is 6.20 Å². The predicted molar refractivity (Wildman–Crippen MR) is 76.3 cm³/mol. The van der Waals surface area contributed by atoms with Crippen molar-refractivity contribution in [2.75, 3.05) is 13.7 Å². The first-order valence-corrected chi connectivity index (χ1v) is 7.57. The molecule has 0 amide bonds. The van der Waals surface area contributed by atoms with Gasteiger partial charge in [-0.25, -0.2) is 0 Å². The highest BCUT2D eigenvalue weighted by Gasteiger charge is 2.42. The number of rotatable bonds is 6. The molecule has 0 saturated heterocycles. The molecular formula is C16H24N2O. The standard InChI is InChI=1S/C16H24N2O/c1-3-19-16(12-6-7-12)15(17-2)13-9-8-11-5-4-10-18-14(11)13/h4-5,10,12-13,15-17H,3,6-9H2,1-2H3. The van der Waals surface area contributed by atoms with E-state index in [2.05, 4.69) is 36.4 Å². The van der Waals surface area contributed by atoms with Crippen molar-refractivity contribution in [3.05, 3.63) is 29.6 Å². The first-order valence-electron chi connectivity index (χ1n) is 7.57. The average Bonchev–Trinajstić information content (AvgIpc) is 3.20. The van der Waals surface area contributed by atoms with Gasteiger partial charge in [0.2, 0.25) is 0 Å². The van der Waals surface area contributed by atoms with Crippen LogP contribution in [0.3, 0.4) is 0 Å². The maximum absolute atomic E-state index is 6.06. The first-order chi connectivity index (χ1) is 9.35. The fourth-order valence-corrected chi connectivity index (χ4v) is 3.54. The molecule has 2 aliphatic carbocycles. The van der Waals surface area contributed by atoms with Crippen LogP contribution in [0.4, 0.5) is 0 Å². The van der Waals surface area contributed by atoms with E-state index in [1.54, 1.807) is 0 Å². The summed E-state index contributed by atoms with van der Waals surface area (Å²) in [4.78, 5) is 4.64. The summed E-state index contributed by atoms with van der Waals surface area (Å²) >= 11 is 0. The number of hydrogen-bond acceptors (Lipinski definition) is 3. The van der Waals surface area contributed by atoms with Crippen LogP contribution in [0, 0.1) is 5.92 Å². The molecule has 3 atom stereocenters. The molecule has 1 N–H and O–H groups in total. The van der Waals surface area contributed by atoms with Crippen molar-refractivity contribution in [1.29, 1.82) is 0 Å². The molecule has 2 aliphatic rings. The lowest BCUT2D eigenvalue weighted by atomic mass is 9.90. The van der Waals surface area contributed by atoms with Gasteiger partial charge in [0.15, 0.2) is 0 Å². The Labute approximate surface area is 115 Å². The van der Waals surface area contributed by atoms with E-state index in [0.717, 1.165) is 18.9 Å². The third-order valence-electron chi connectivity index (χ3n) is 4.57. The van der Waals surface area contributed by atoms with E-state index in [0.29, 0.717) is 18.1 Å². The number of nitrogens with zero attached hydrogens (tertiary/aromatic N) is 1. The number of pyridine rings is 1. The average molecular weight is 260 g/mol. The Hall–Kier alpha value is -0.930. The monoisotopic (exact) mass is 260 g/mol. The van der Waals surface area contributed by atoms with Crippen molar-refractivity contribution in [1.82, 2.24) is 10.3 Å². The van der Waals surface area contributed by atoms with Crippen LogP contribution < -0.4 is 5.32 Å². The zero-order valence-corrected chi connectivity index (χ0v) is 11.9. The van der Waals surface area contributed by atoms with Crippen molar-refractivity contribution in [3.63, 3.8) is 0 Å². The van der Waals surface area contributed by atoms with Crippen LogP contribution in [-0.4, -0.2) is 30.8 Å². The smallest absolute Gasteiger partial charge is 0.0762 e. The van der Waals surface area contributed by atoms with Crippen LogP contribution in [0.15, 0.2) is 18.3 Å². The normalized spacial score (nSPS) is 25.1. The number of ether oxygens (including phenoxy) is 1. The summed E-state index contributed by atoms with van der Waals surface area (Å²) in [6.45, 7) is 2.91. The van der Waals surface area contributed by atoms with E-state index in [-0.39, 0.29) is 0 Å². The molecule has 1 heterocycles. The van der Waals surface area contributed by atoms with Crippen LogP contribution in [0.25, 0.3) is 0 Å². The molecule has 3 heteroatoms. The molecular weight excluding hydrogens is 236 g/mol. The summed E-state index contributed by atoms with van der Waals surface area (Å²) < 4.78 is 6.06. The Bertz CT molecular complexity index is 431. The maximum atomic E-state index is 6.06. The highest BCUT2D eigenvalue weighted by molar-refractivity contribution is 5.30. The second kappa shape index (κ2) is 5.59. The van der Waals surface area contributed by atoms with Crippen molar-refractivity contribution in [2.45, 2.75) is 50.7 Å². The van der Waals surface area contributed by atoms with E-state index < -0.39 is 0 Å². The van der Waals surface area contributed by atoms with Crippen LogP contribution >= 0.6 is 0 Å². The number of fused-ring (bicyclic) bond motifs is 1. The molecule has 1 saturated carbocycles. The molecule has 1 aromatic heterocycles. The zero-order chi connectivity index (χ0) is 13.2. The van der Waals surface area contributed by atoms with Crippen molar-refractivity contribution >= 4 is 0 Å². The molecule has 3 nitrogen and oxygen atoms in total. The lowest BCUT2D eigenvalue weighted by molar-refractivity contribution is 0.0136. The molecule has 104 valence electrons. The van der Waals surface area contributed by atoms with E-state index in [9.17, 15) is 0 Å². The van der Waals surface area contributed by atoms with Gasteiger partial charge in [-0.15, -0.1) is 0 Å². The molecule has 0 bridgehead atoms. The molecule has 0 aromatic carbocycles. The quantitative estimate of drug-likeness (QED) is 0.853. The molecule has 1 aromatic rings. The molecule has 1 fully saturated rings. The minimum atomic E-state index is 0.355. The van der Waals surface area contributed by atoms with Gasteiger partial charge in [-0.2, -0.15) is 0 Å². The molecule has 0 radical (unpaired) electrons. The predicted octanol–water partition coefficient (Wildman–Crippen LogP) is 2.51. The largest absolute Gasteiger partial charge is 0.377 e. The van der Waals surface area contributed by atoms with E-state index >= 15 is 0 Å². The minimum Gasteiger partial charge on any atom is -0.377 e. The number of aryl methyl sites for hydroxylation is 1. The first kappa shape index (κ1) is 13.1. The Kier molecular flexibility index (Phi) is 3.85. The number of nitrogens with one attached hydrogen (secondary N) is 1. The molecule has 0 spiro atoms. The van der Waals surface area contributed by atoms with Crippen LogP contribution in [-0.2, 0) is 11.2 Å². The fraction of sp³-hybridized carbons (Fsp3) is 0.688. The fourth-order valence-electron chi connectivity index (χ4n) is 3.54. The van der Waals surface area contributed by atoms with Gasteiger partial charge in [0.1, 0.15) is 0 Å².